The molecule has 2 aromatic rings. The van der Waals surface area contributed by atoms with Crippen molar-refractivity contribution in [2.45, 2.75) is 45.6 Å². The van der Waals surface area contributed by atoms with Crippen LogP contribution in [0.1, 0.15) is 45.1 Å². The van der Waals surface area contributed by atoms with Crippen LogP contribution in [0.25, 0.3) is 6.08 Å². The van der Waals surface area contributed by atoms with E-state index in [1.807, 2.05) is 60.4 Å². The molecule has 2 aromatic carbocycles. The number of aliphatic imine (C=N–C) groups is 1. The Morgan fingerprint density at radius 1 is 1.22 bits per heavy atom. The first-order chi connectivity index (χ1) is 17.4. The Labute approximate surface area is 229 Å². The minimum Gasteiger partial charge on any atom is -0.490 e. The van der Waals surface area contributed by atoms with E-state index in [2.05, 4.69) is 29.5 Å². The lowest BCUT2D eigenvalue weighted by Crippen LogP contribution is -2.44. The molecule has 2 amide bonds. The monoisotopic (exact) mass is 619 g/mol. The Balaban J connectivity index is 1.70. The molecule has 0 radical (unpaired) electrons. The van der Waals surface area contributed by atoms with Crippen LogP contribution in [0.5, 0.6) is 11.5 Å². The average molecular weight is 620 g/mol. The molecule has 190 valence electrons. The zero-order chi connectivity index (χ0) is 25.7. The van der Waals surface area contributed by atoms with E-state index in [1.54, 1.807) is 0 Å². The molecule has 2 fully saturated rings. The SMILES string of the molecule is CCOc1cc(/C=C2\SC(=Nc3ccccc3)N([C@H]3CCCC[C@H]3C)C2=O)cc(I)c1OCC(N)=O. The first kappa shape index (κ1) is 26.5. The highest BCUT2D eigenvalue weighted by molar-refractivity contribution is 14.1. The number of hydrogen-bond donors (Lipinski definition) is 1. The fourth-order valence-corrected chi connectivity index (χ4v) is 6.35. The van der Waals surface area contributed by atoms with Crippen molar-refractivity contribution in [3.05, 3.63) is 56.5 Å². The highest BCUT2D eigenvalue weighted by Crippen LogP contribution is 2.41. The largest absolute Gasteiger partial charge is 0.490 e. The number of amides is 2. The van der Waals surface area contributed by atoms with Crippen LogP contribution in [0, 0.1) is 9.49 Å². The van der Waals surface area contributed by atoms with Crippen LogP contribution in [0.2, 0.25) is 0 Å². The van der Waals surface area contributed by atoms with E-state index in [4.69, 9.17) is 20.2 Å². The third-order valence-corrected chi connectivity index (χ3v) is 7.99. The number of ether oxygens (including phenoxy) is 2. The molecular formula is C27H30IN3O4S. The van der Waals surface area contributed by atoms with Crippen LogP contribution < -0.4 is 15.2 Å². The lowest BCUT2D eigenvalue weighted by molar-refractivity contribution is -0.125. The molecule has 4 rings (SSSR count). The lowest BCUT2D eigenvalue weighted by Gasteiger charge is -2.35. The van der Waals surface area contributed by atoms with Gasteiger partial charge in [0.05, 0.1) is 20.8 Å². The van der Waals surface area contributed by atoms with Gasteiger partial charge in [0.15, 0.2) is 23.3 Å². The van der Waals surface area contributed by atoms with Gasteiger partial charge in [-0.15, -0.1) is 0 Å². The molecule has 0 spiro atoms. The average Bonchev–Trinajstić information content (AvgIpc) is 3.13. The van der Waals surface area contributed by atoms with Gasteiger partial charge < -0.3 is 15.2 Å². The van der Waals surface area contributed by atoms with E-state index >= 15 is 0 Å². The molecular weight excluding hydrogens is 589 g/mol. The standard InChI is InChI=1S/C27H30IN3O4S/c1-3-34-22-14-18(13-20(28)25(22)35-16-24(29)32)15-23-26(33)31(21-12-8-7-9-17(21)2)27(36-23)30-19-10-5-4-6-11-19/h4-6,10-11,13-15,17,21H,3,7-9,12,16H2,1-2H3,(H2,29,32)/b23-15-,30-27?/t17-,21+/m1/s1. The van der Waals surface area contributed by atoms with Crippen LogP contribution in [0.4, 0.5) is 5.69 Å². The van der Waals surface area contributed by atoms with Crippen molar-refractivity contribution < 1.29 is 19.1 Å². The van der Waals surface area contributed by atoms with Gasteiger partial charge in [-0.2, -0.15) is 0 Å². The summed E-state index contributed by atoms with van der Waals surface area (Å²) in [5, 5.41) is 0.720. The highest BCUT2D eigenvalue weighted by atomic mass is 127. The Bertz CT molecular complexity index is 1190. The third kappa shape index (κ3) is 6.23. The van der Waals surface area contributed by atoms with E-state index in [1.165, 1.54) is 18.2 Å². The molecule has 0 aromatic heterocycles. The van der Waals surface area contributed by atoms with Gasteiger partial charge in [-0.3, -0.25) is 14.5 Å². The van der Waals surface area contributed by atoms with Gasteiger partial charge in [-0.05, 0) is 95.9 Å². The summed E-state index contributed by atoms with van der Waals surface area (Å²) in [4.78, 5) is 32.4. The molecule has 1 saturated carbocycles. The summed E-state index contributed by atoms with van der Waals surface area (Å²) in [6.45, 7) is 4.30. The first-order valence-electron chi connectivity index (χ1n) is 12.1. The van der Waals surface area contributed by atoms with E-state index in [0.29, 0.717) is 28.9 Å². The maximum absolute atomic E-state index is 13.7. The predicted molar refractivity (Wildman–Crippen MR) is 152 cm³/mol. The Kier molecular flexibility index (Phi) is 8.95. The molecule has 9 heteroatoms. The van der Waals surface area contributed by atoms with Gasteiger partial charge in [-0.25, -0.2) is 4.99 Å². The number of thioether (sulfide) groups is 1. The molecule has 0 bridgehead atoms. The smallest absolute Gasteiger partial charge is 0.267 e. The second-order valence-corrected chi connectivity index (χ2v) is 11.0. The summed E-state index contributed by atoms with van der Waals surface area (Å²) in [5.74, 6) is 0.803. The number of amidine groups is 1. The van der Waals surface area contributed by atoms with Gasteiger partial charge in [0.25, 0.3) is 11.8 Å². The number of rotatable bonds is 8. The quantitative estimate of drug-likeness (QED) is 0.301. The molecule has 1 aliphatic carbocycles. The second-order valence-electron chi connectivity index (χ2n) is 8.86. The number of carbonyl (C=O) groups excluding carboxylic acids is 2. The summed E-state index contributed by atoms with van der Waals surface area (Å²) in [6.07, 6.45) is 6.28. The maximum atomic E-state index is 13.7. The van der Waals surface area contributed by atoms with Crippen LogP contribution in [-0.4, -0.2) is 41.1 Å². The number of halogens is 1. The van der Waals surface area contributed by atoms with Crippen LogP contribution >= 0.6 is 34.4 Å². The number of primary amides is 1. The highest BCUT2D eigenvalue weighted by Gasteiger charge is 2.41. The fraction of sp³-hybridized carbons (Fsp3) is 0.370. The lowest BCUT2D eigenvalue weighted by atomic mass is 9.85. The molecule has 2 aliphatic rings. The van der Waals surface area contributed by atoms with Crippen molar-refractivity contribution in [2.75, 3.05) is 13.2 Å². The van der Waals surface area contributed by atoms with Crippen LogP contribution in [-0.2, 0) is 9.59 Å². The molecule has 2 atom stereocenters. The number of benzene rings is 2. The summed E-state index contributed by atoms with van der Waals surface area (Å²) in [7, 11) is 0. The van der Waals surface area contributed by atoms with Crippen molar-refractivity contribution in [1.82, 2.24) is 4.90 Å². The number of nitrogens with two attached hydrogens (primary N) is 1. The third-order valence-electron chi connectivity index (χ3n) is 6.20. The predicted octanol–water partition coefficient (Wildman–Crippen LogP) is 5.74. The molecule has 1 saturated heterocycles. The normalized spacial score (nSPS) is 22.3. The fourth-order valence-electron chi connectivity index (χ4n) is 4.52. The second kappa shape index (κ2) is 12.1. The summed E-state index contributed by atoms with van der Waals surface area (Å²) in [5.41, 5.74) is 6.88. The minimum absolute atomic E-state index is 0.0181. The zero-order valence-electron chi connectivity index (χ0n) is 20.4. The van der Waals surface area contributed by atoms with Crippen molar-refractivity contribution in [3.8, 4) is 11.5 Å². The van der Waals surface area contributed by atoms with Gasteiger partial charge >= 0.3 is 0 Å². The Hall–Kier alpha value is -2.53. The van der Waals surface area contributed by atoms with Gasteiger partial charge in [0.1, 0.15) is 0 Å². The van der Waals surface area contributed by atoms with Crippen molar-refractivity contribution >= 4 is 63.1 Å². The molecule has 7 nitrogen and oxygen atoms in total. The number of hydrogen-bond acceptors (Lipinski definition) is 6. The van der Waals surface area contributed by atoms with E-state index < -0.39 is 5.91 Å². The molecule has 2 N–H and O–H groups in total. The van der Waals surface area contributed by atoms with Gasteiger partial charge in [-0.1, -0.05) is 38.0 Å². The Morgan fingerprint density at radius 3 is 2.67 bits per heavy atom. The van der Waals surface area contributed by atoms with E-state index in [0.717, 1.165) is 39.3 Å². The van der Waals surface area contributed by atoms with Gasteiger partial charge in [0, 0.05) is 6.04 Å². The van der Waals surface area contributed by atoms with Crippen molar-refractivity contribution in [2.24, 2.45) is 16.6 Å². The van der Waals surface area contributed by atoms with Gasteiger partial charge in [0.2, 0.25) is 0 Å². The summed E-state index contributed by atoms with van der Waals surface area (Å²) in [6, 6.07) is 13.6. The first-order valence-corrected chi connectivity index (χ1v) is 14.0. The molecule has 1 heterocycles. The van der Waals surface area contributed by atoms with Crippen molar-refractivity contribution in [3.63, 3.8) is 0 Å². The van der Waals surface area contributed by atoms with Crippen LogP contribution in [0.3, 0.4) is 0 Å². The Morgan fingerprint density at radius 2 is 1.97 bits per heavy atom. The van der Waals surface area contributed by atoms with Crippen LogP contribution in [0.15, 0.2) is 52.4 Å². The topological polar surface area (TPSA) is 94.2 Å². The summed E-state index contributed by atoms with van der Waals surface area (Å²) < 4.78 is 12.1. The molecule has 0 unspecified atom stereocenters. The number of carbonyl (C=O) groups is 2. The molecule has 1 aliphatic heterocycles. The van der Waals surface area contributed by atoms with Crippen molar-refractivity contribution in [1.29, 1.82) is 0 Å². The number of para-hydroxylation sites is 1. The number of nitrogens with zero attached hydrogens (tertiary/aromatic N) is 2. The van der Waals surface area contributed by atoms with E-state index in [-0.39, 0.29) is 18.6 Å². The summed E-state index contributed by atoms with van der Waals surface area (Å²) >= 11 is 3.55. The zero-order valence-corrected chi connectivity index (χ0v) is 23.4. The molecule has 36 heavy (non-hydrogen) atoms. The minimum atomic E-state index is -0.560. The maximum Gasteiger partial charge on any atom is 0.267 e. The van der Waals surface area contributed by atoms with E-state index in [9.17, 15) is 9.59 Å².